The molecule has 2 aromatic rings. The fourth-order valence-corrected chi connectivity index (χ4v) is 5.90. The van der Waals surface area contributed by atoms with E-state index < -0.39 is 27.2 Å². The van der Waals surface area contributed by atoms with Crippen LogP contribution in [0.4, 0.5) is 5.69 Å². The largest absolute Gasteiger partial charge is 0.463 e. The van der Waals surface area contributed by atoms with E-state index in [-0.39, 0.29) is 18.9 Å². The molecule has 4 rings (SSSR count). The fourth-order valence-electron chi connectivity index (χ4n) is 4.32. The molecule has 0 saturated carbocycles. The Bertz CT molecular complexity index is 1160. The number of anilines is 1. The number of carbonyl (C=O) groups excluding carboxylic acids is 2. The van der Waals surface area contributed by atoms with Gasteiger partial charge < -0.3 is 9.64 Å². The van der Waals surface area contributed by atoms with Gasteiger partial charge in [-0.05, 0) is 51.5 Å². The van der Waals surface area contributed by atoms with Gasteiger partial charge in [-0.15, -0.1) is 0 Å². The summed E-state index contributed by atoms with van der Waals surface area (Å²) in [7, 11) is -1.60. The van der Waals surface area contributed by atoms with Gasteiger partial charge in [0.2, 0.25) is 0 Å². The first-order chi connectivity index (χ1) is 15.6. The van der Waals surface area contributed by atoms with Crippen LogP contribution in [0.5, 0.6) is 0 Å². The number of ether oxygens (including phenoxy) is 1. The van der Waals surface area contributed by atoms with Crippen molar-refractivity contribution in [2.75, 3.05) is 11.5 Å². The van der Waals surface area contributed by atoms with E-state index in [1.165, 1.54) is 6.08 Å². The lowest BCUT2D eigenvalue weighted by molar-refractivity contribution is -0.138. The molecule has 6 nitrogen and oxygen atoms in total. The first-order valence-corrected chi connectivity index (χ1v) is 12.3. The highest BCUT2D eigenvalue weighted by atomic mass is 35.5. The van der Waals surface area contributed by atoms with E-state index in [1.54, 1.807) is 28.3 Å². The maximum Gasteiger partial charge on any atom is 0.332 e. The van der Waals surface area contributed by atoms with Crippen molar-refractivity contribution in [1.82, 2.24) is 4.31 Å². The minimum absolute atomic E-state index is 0.178. The Morgan fingerprint density at radius 2 is 1.91 bits per heavy atom. The SMILES string of the molecule is CCOC(=O)/C=C1\C[C@]2(C(=O)N(Cc3ccccc3)c3ccc(Cl)cc32)N1S(=O)C(C)(C)C. The number of fused-ring (bicyclic) bond motifs is 2. The van der Waals surface area contributed by atoms with Crippen molar-refractivity contribution in [2.45, 2.75) is 50.9 Å². The zero-order valence-corrected chi connectivity index (χ0v) is 20.7. The van der Waals surface area contributed by atoms with Crippen molar-refractivity contribution in [2.24, 2.45) is 0 Å². The third-order valence-corrected chi connectivity index (χ3v) is 7.94. The second kappa shape index (κ2) is 8.61. The monoisotopic (exact) mass is 486 g/mol. The van der Waals surface area contributed by atoms with Crippen LogP contribution in [0.25, 0.3) is 0 Å². The number of halogens is 1. The maximum absolute atomic E-state index is 14.0. The van der Waals surface area contributed by atoms with Crippen LogP contribution < -0.4 is 4.90 Å². The molecule has 0 aliphatic carbocycles. The average Bonchev–Trinajstić information content (AvgIpc) is 2.97. The third kappa shape index (κ3) is 3.97. The van der Waals surface area contributed by atoms with Gasteiger partial charge in [-0.1, -0.05) is 41.9 Å². The smallest absolute Gasteiger partial charge is 0.332 e. The van der Waals surface area contributed by atoms with Crippen molar-refractivity contribution < 1.29 is 18.5 Å². The number of hydrogen-bond acceptors (Lipinski definition) is 4. The lowest BCUT2D eigenvalue weighted by Crippen LogP contribution is -2.63. The summed E-state index contributed by atoms with van der Waals surface area (Å²) >= 11 is 6.35. The van der Waals surface area contributed by atoms with Crippen LogP contribution in [0, 0.1) is 0 Å². The second-order valence-corrected chi connectivity index (χ2v) is 11.6. The van der Waals surface area contributed by atoms with Crippen molar-refractivity contribution in [3.63, 3.8) is 0 Å². The molecule has 174 valence electrons. The highest BCUT2D eigenvalue weighted by Gasteiger charge is 2.64. The molecule has 0 radical (unpaired) electrons. The maximum atomic E-state index is 14.0. The molecule has 1 unspecified atom stereocenters. The molecule has 2 heterocycles. The summed E-state index contributed by atoms with van der Waals surface area (Å²) in [5.74, 6) is -0.696. The first kappa shape index (κ1) is 23.5. The first-order valence-electron chi connectivity index (χ1n) is 10.8. The summed E-state index contributed by atoms with van der Waals surface area (Å²) in [6.07, 6.45) is 1.58. The minimum atomic E-state index is -1.60. The predicted molar refractivity (Wildman–Crippen MR) is 130 cm³/mol. The normalized spacial score (nSPS) is 21.8. The van der Waals surface area contributed by atoms with Gasteiger partial charge in [0.15, 0.2) is 5.54 Å². The molecule has 0 bridgehead atoms. The molecular weight excluding hydrogens is 460 g/mol. The summed E-state index contributed by atoms with van der Waals surface area (Å²) in [5.41, 5.74) is 1.75. The number of rotatable bonds is 5. The van der Waals surface area contributed by atoms with Gasteiger partial charge in [-0.25, -0.2) is 9.00 Å². The van der Waals surface area contributed by atoms with Crippen LogP contribution in [0.15, 0.2) is 60.3 Å². The molecular formula is C25H27ClN2O4S. The fraction of sp³-hybridized carbons (Fsp3) is 0.360. The lowest BCUT2D eigenvalue weighted by atomic mass is 9.79. The summed E-state index contributed by atoms with van der Waals surface area (Å²) in [6.45, 7) is 7.87. The van der Waals surface area contributed by atoms with Gasteiger partial charge in [-0.2, -0.15) is 0 Å². The van der Waals surface area contributed by atoms with E-state index in [9.17, 15) is 13.8 Å². The molecule has 0 N–H and O–H groups in total. The quantitative estimate of drug-likeness (QED) is 0.454. The van der Waals surface area contributed by atoms with Gasteiger partial charge in [0, 0.05) is 28.8 Å². The van der Waals surface area contributed by atoms with Crippen molar-refractivity contribution in [3.05, 3.63) is 76.5 Å². The summed E-state index contributed by atoms with van der Waals surface area (Å²) in [6, 6.07) is 15.1. The molecule has 1 spiro atoms. The van der Waals surface area contributed by atoms with E-state index in [0.717, 1.165) is 11.3 Å². The topological polar surface area (TPSA) is 66.9 Å². The number of nitrogens with zero attached hydrogens (tertiary/aromatic N) is 2. The Kier molecular flexibility index (Phi) is 6.14. The van der Waals surface area contributed by atoms with Crippen LogP contribution in [0.2, 0.25) is 5.02 Å². The second-order valence-electron chi connectivity index (χ2n) is 9.12. The Morgan fingerprint density at radius 1 is 1.21 bits per heavy atom. The van der Waals surface area contributed by atoms with Crippen LogP contribution in [0.3, 0.4) is 0 Å². The van der Waals surface area contributed by atoms with E-state index in [1.807, 2.05) is 57.2 Å². The van der Waals surface area contributed by atoms with Crippen LogP contribution in [-0.4, -0.2) is 31.7 Å². The van der Waals surface area contributed by atoms with Crippen molar-refractivity contribution >= 4 is 40.2 Å². The number of carbonyl (C=O) groups is 2. The molecule has 1 saturated heterocycles. The molecule has 33 heavy (non-hydrogen) atoms. The standard InChI is InChI=1S/C25H27ClN2O4S/c1-5-32-22(29)14-19-15-25(28(19)33(31)24(2,3)4)20-13-18(26)11-12-21(20)27(23(25)30)16-17-9-7-6-8-10-17/h6-14H,5,15-16H2,1-4H3/b19-14+/t25-,33?/m0/s1. The van der Waals surface area contributed by atoms with Crippen LogP contribution in [0.1, 0.15) is 45.2 Å². The van der Waals surface area contributed by atoms with Gasteiger partial charge in [-0.3, -0.25) is 9.10 Å². The molecule has 0 aromatic heterocycles. The van der Waals surface area contributed by atoms with Gasteiger partial charge in [0.25, 0.3) is 5.91 Å². The summed E-state index contributed by atoms with van der Waals surface area (Å²) in [4.78, 5) is 28.0. The van der Waals surface area contributed by atoms with Gasteiger partial charge in [0.1, 0.15) is 11.0 Å². The van der Waals surface area contributed by atoms with E-state index in [2.05, 4.69) is 0 Å². The lowest BCUT2D eigenvalue weighted by Gasteiger charge is -2.52. The summed E-state index contributed by atoms with van der Waals surface area (Å²) < 4.78 is 19.7. The number of hydrogen-bond donors (Lipinski definition) is 0. The molecule has 8 heteroatoms. The van der Waals surface area contributed by atoms with Gasteiger partial charge in [0.05, 0.1) is 23.6 Å². The molecule has 2 aromatic carbocycles. The van der Waals surface area contributed by atoms with Crippen LogP contribution >= 0.6 is 11.6 Å². The third-order valence-electron chi connectivity index (χ3n) is 5.78. The minimum Gasteiger partial charge on any atom is -0.463 e. The molecule has 2 aliphatic heterocycles. The van der Waals surface area contributed by atoms with E-state index in [0.29, 0.717) is 22.8 Å². The number of benzene rings is 2. The Labute approximate surface area is 201 Å². The molecule has 1 fully saturated rings. The average molecular weight is 487 g/mol. The van der Waals surface area contributed by atoms with Gasteiger partial charge >= 0.3 is 5.97 Å². The highest BCUT2D eigenvalue weighted by Crippen LogP contribution is 2.58. The summed E-state index contributed by atoms with van der Waals surface area (Å²) in [5, 5.41) is 0.492. The van der Waals surface area contributed by atoms with Crippen molar-refractivity contribution in [3.8, 4) is 0 Å². The van der Waals surface area contributed by atoms with Crippen LogP contribution in [-0.2, 0) is 37.4 Å². The van der Waals surface area contributed by atoms with E-state index >= 15 is 0 Å². The Hall–Kier alpha value is -2.64. The zero-order valence-electron chi connectivity index (χ0n) is 19.1. The molecule has 2 aliphatic rings. The van der Waals surface area contributed by atoms with Crippen molar-refractivity contribution in [1.29, 1.82) is 0 Å². The number of amides is 1. The number of esters is 1. The molecule has 2 atom stereocenters. The highest BCUT2D eigenvalue weighted by molar-refractivity contribution is 7.84. The zero-order chi connectivity index (χ0) is 24.0. The predicted octanol–water partition coefficient (Wildman–Crippen LogP) is 4.70. The molecule has 1 amide bonds. The Morgan fingerprint density at radius 3 is 2.55 bits per heavy atom. The Balaban J connectivity index is 1.84. The van der Waals surface area contributed by atoms with E-state index in [4.69, 9.17) is 16.3 Å².